The van der Waals surface area contributed by atoms with Crippen molar-refractivity contribution in [1.29, 1.82) is 0 Å². The molecule has 0 amide bonds. The van der Waals surface area contributed by atoms with E-state index in [0.717, 1.165) is 74.0 Å². The molecule has 8 nitrogen and oxygen atoms in total. The number of hydrogen-bond donors (Lipinski definition) is 1. The molecule has 0 unspecified atom stereocenters. The minimum absolute atomic E-state index is 0.666. The first-order chi connectivity index (χ1) is 21.7. The molecule has 1 N–H and O–H groups in total. The van der Waals surface area contributed by atoms with Gasteiger partial charge in [0.05, 0.1) is 12.4 Å². The summed E-state index contributed by atoms with van der Waals surface area (Å²) < 4.78 is 2.41. The quantitative estimate of drug-likeness (QED) is 0.209. The van der Waals surface area contributed by atoms with Crippen LogP contribution in [0.25, 0.3) is 22.5 Å². The number of aromatic nitrogens is 6. The van der Waals surface area contributed by atoms with Crippen LogP contribution in [-0.4, -0.2) is 54.8 Å². The third kappa shape index (κ3) is 6.02. The number of benzene rings is 4. The number of nitrogens with one attached hydrogen (secondary N) is 1. The van der Waals surface area contributed by atoms with Gasteiger partial charge in [0.25, 0.3) is 0 Å². The molecule has 0 saturated heterocycles. The number of H-pyrrole nitrogens is 1. The second kappa shape index (κ2) is 12.7. The van der Waals surface area contributed by atoms with Gasteiger partial charge in [0.2, 0.25) is 0 Å². The Morgan fingerprint density at radius 2 is 1.36 bits per heavy atom. The van der Waals surface area contributed by atoms with Crippen LogP contribution in [0.4, 0.5) is 5.82 Å². The van der Waals surface area contributed by atoms with Crippen molar-refractivity contribution in [3.05, 3.63) is 137 Å². The molecule has 0 aliphatic carbocycles. The highest BCUT2D eigenvalue weighted by Gasteiger charge is 2.28. The normalized spacial score (nSPS) is 13.2. The summed E-state index contributed by atoms with van der Waals surface area (Å²) in [6, 6.07) is 38.6. The SMILES string of the molecule is Cc1nc2c(n1Cc1ccc(-c3ccccc3-c3nnn[nH]3)cc1)CN(CCc1ccccc1)CN2CCc1ccccc1. The molecule has 1 aliphatic heterocycles. The van der Waals surface area contributed by atoms with Gasteiger partial charge in [0.15, 0.2) is 11.6 Å². The molecule has 1 aliphatic rings. The van der Waals surface area contributed by atoms with Gasteiger partial charge in [-0.1, -0.05) is 109 Å². The van der Waals surface area contributed by atoms with E-state index in [-0.39, 0.29) is 0 Å². The third-order valence-corrected chi connectivity index (χ3v) is 8.49. The Balaban J connectivity index is 1.14. The molecule has 6 aromatic rings. The maximum absolute atomic E-state index is 5.14. The number of fused-ring (bicyclic) bond motifs is 1. The van der Waals surface area contributed by atoms with Gasteiger partial charge < -0.3 is 9.47 Å². The van der Waals surface area contributed by atoms with Crippen molar-refractivity contribution in [3.8, 4) is 22.5 Å². The molecule has 44 heavy (non-hydrogen) atoms. The van der Waals surface area contributed by atoms with E-state index in [1.807, 2.05) is 18.2 Å². The average molecular weight is 581 g/mol. The van der Waals surface area contributed by atoms with Crippen LogP contribution in [0.1, 0.15) is 28.2 Å². The summed E-state index contributed by atoms with van der Waals surface area (Å²) >= 11 is 0. The Hall–Kier alpha value is -5.08. The molecule has 0 spiro atoms. The molecule has 0 radical (unpaired) electrons. The average Bonchev–Trinajstić information content (AvgIpc) is 3.73. The summed E-state index contributed by atoms with van der Waals surface area (Å²) in [4.78, 5) is 10.2. The van der Waals surface area contributed by atoms with Crippen molar-refractivity contribution in [2.24, 2.45) is 0 Å². The van der Waals surface area contributed by atoms with Gasteiger partial charge in [0.1, 0.15) is 5.82 Å². The number of aryl methyl sites for hydroxylation is 1. The summed E-state index contributed by atoms with van der Waals surface area (Å²) in [5.74, 6) is 2.84. The molecule has 2 aromatic heterocycles. The molecule has 0 bridgehead atoms. The van der Waals surface area contributed by atoms with E-state index in [1.54, 1.807) is 0 Å². The molecule has 0 atom stereocenters. The Morgan fingerprint density at radius 1 is 0.705 bits per heavy atom. The molecule has 4 aromatic carbocycles. The fraction of sp³-hybridized carbons (Fsp3) is 0.222. The first kappa shape index (κ1) is 27.7. The second-order valence-electron chi connectivity index (χ2n) is 11.4. The lowest BCUT2D eigenvalue weighted by Crippen LogP contribution is -2.44. The zero-order chi connectivity index (χ0) is 29.7. The monoisotopic (exact) mass is 580 g/mol. The van der Waals surface area contributed by atoms with Crippen LogP contribution in [-0.2, 0) is 25.9 Å². The highest BCUT2D eigenvalue weighted by Crippen LogP contribution is 2.32. The van der Waals surface area contributed by atoms with Gasteiger partial charge in [-0.05, 0) is 58.0 Å². The van der Waals surface area contributed by atoms with E-state index >= 15 is 0 Å². The lowest BCUT2D eigenvalue weighted by atomic mass is 9.98. The molecule has 220 valence electrons. The van der Waals surface area contributed by atoms with E-state index in [2.05, 4.69) is 133 Å². The van der Waals surface area contributed by atoms with Gasteiger partial charge in [-0.15, -0.1) is 5.10 Å². The highest BCUT2D eigenvalue weighted by atomic mass is 15.5. The summed E-state index contributed by atoms with van der Waals surface area (Å²) in [5, 5.41) is 14.5. The predicted molar refractivity (Wildman–Crippen MR) is 174 cm³/mol. The van der Waals surface area contributed by atoms with Gasteiger partial charge >= 0.3 is 0 Å². The molecular formula is C36H36N8. The molecule has 3 heterocycles. The maximum Gasteiger partial charge on any atom is 0.180 e. The molecule has 0 saturated carbocycles. The fourth-order valence-corrected chi connectivity index (χ4v) is 6.14. The lowest BCUT2D eigenvalue weighted by Gasteiger charge is -2.36. The van der Waals surface area contributed by atoms with Crippen molar-refractivity contribution >= 4 is 5.82 Å². The van der Waals surface area contributed by atoms with E-state index in [0.29, 0.717) is 5.82 Å². The number of nitrogens with zero attached hydrogens (tertiary/aromatic N) is 7. The van der Waals surface area contributed by atoms with Crippen LogP contribution in [0, 0.1) is 6.92 Å². The van der Waals surface area contributed by atoms with Crippen molar-refractivity contribution in [3.63, 3.8) is 0 Å². The first-order valence-corrected chi connectivity index (χ1v) is 15.2. The Labute approximate surface area is 258 Å². The smallest absolute Gasteiger partial charge is 0.180 e. The third-order valence-electron chi connectivity index (χ3n) is 8.49. The maximum atomic E-state index is 5.14. The summed E-state index contributed by atoms with van der Waals surface area (Å²) in [5.41, 5.74) is 8.47. The highest BCUT2D eigenvalue weighted by molar-refractivity contribution is 5.80. The number of aromatic amines is 1. The summed E-state index contributed by atoms with van der Waals surface area (Å²) in [7, 11) is 0. The van der Waals surface area contributed by atoms with Gasteiger partial charge in [-0.2, -0.15) is 0 Å². The van der Waals surface area contributed by atoms with Crippen molar-refractivity contribution in [2.75, 3.05) is 24.7 Å². The number of tetrazole rings is 1. The largest absolute Gasteiger partial charge is 0.342 e. The lowest BCUT2D eigenvalue weighted by molar-refractivity contribution is 0.247. The second-order valence-corrected chi connectivity index (χ2v) is 11.4. The topological polar surface area (TPSA) is 78.8 Å². The summed E-state index contributed by atoms with van der Waals surface area (Å²) in [6.45, 7) is 6.63. The van der Waals surface area contributed by atoms with Crippen molar-refractivity contribution in [1.82, 2.24) is 35.1 Å². The number of imidazole rings is 1. The van der Waals surface area contributed by atoms with Gasteiger partial charge in [0, 0.05) is 31.7 Å². The van der Waals surface area contributed by atoms with Crippen LogP contribution in [0.15, 0.2) is 109 Å². The molecule has 7 rings (SSSR count). The minimum Gasteiger partial charge on any atom is -0.342 e. The summed E-state index contributed by atoms with van der Waals surface area (Å²) in [6.07, 6.45) is 2.02. The number of rotatable bonds is 10. The number of hydrogen-bond acceptors (Lipinski definition) is 6. The van der Waals surface area contributed by atoms with Gasteiger partial charge in [-0.3, -0.25) is 4.90 Å². The Bertz CT molecular complexity index is 1800. The zero-order valence-electron chi connectivity index (χ0n) is 25.0. The molecule has 8 heteroatoms. The number of anilines is 1. The molecule has 0 fully saturated rings. The Morgan fingerprint density at radius 3 is 2.05 bits per heavy atom. The van der Waals surface area contributed by atoms with Crippen LogP contribution in [0.5, 0.6) is 0 Å². The van der Waals surface area contributed by atoms with Crippen LogP contribution < -0.4 is 4.90 Å². The van der Waals surface area contributed by atoms with Gasteiger partial charge in [-0.25, -0.2) is 10.1 Å². The van der Waals surface area contributed by atoms with E-state index in [1.165, 1.54) is 22.4 Å². The van der Waals surface area contributed by atoms with Crippen LogP contribution in [0.3, 0.4) is 0 Å². The zero-order valence-corrected chi connectivity index (χ0v) is 25.0. The van der Waals surface area contributed by atoms with E-state index in [4.69, 9.17) is 4.98 Å². The first-order valence-electron chi connectivity index (χ1n) is 15.2. The standard InChI is InChI=1S/C36H36N8/c1-27-37-36-34(25-42(22-20-28-10-4-2-5-11-28)26-43(36)23-21-29-12-6-3-7-13-29)44(27)24-30-16-18-31(19-17-30)32-14-8-9-15-33(32)35-38-40-41-39-35/h2-19H,20-26H2,1H3,(H,38,39,40,41). The molecular weight excluding hydrogens is 544 g/mol. The Kier molecular flexibility index (Phi) is 7.97. The minimum atomic E-state index is 0.666. The van der Waals surface area contributed by atoms with E-state index in [9.17, 15) is 0 Å². The van der Waals surface area contributed by atoms with E-state index < -0.39 is 0 Å². The van der Waals surface area contributed by atoms with Crippen LogP contribution in [0.2, 0.25) is 0 Å². The van der Waals surface area contributed by atoms with Crippen LogP contribution >= 0.6 is 0 Å². The van der Waals surface area contributed by atoms with Crippen molar-refractivity contribution < 1.29 is 0 Å². The van der Waals surface area contributed by atoms with Crippen molar-refractivity contribution in [2.45, 2.75) is 32.9 Å². The predicted octanol–water partition coefficient (Wildman–Crippen LogP) is 6.15. The fourth-order valence-electron chi connectivity index (χ4n) is 6.14.